The second-order valence-electron chi connectivity index (χ2n) is 6.89. The molecule has 4 rings (SSSR count). The number of ether oxygens (including phenoxy) is 1. The van der Waals surface area contributed by atoms with E-state index in [4.69, 9.17) is 16.3 Å². The van der Waals surface area contributed by atoms with Gasteiger partial charge in [-0.2, -0.15) is 5.10 Å². The van der Waals surface area contributed by atoms with E-state index < -0.39 is 0 Å². The Morgan fingerprint density at radius 1 is 1.00 bits per heavy atom. The average Bonchev–Trinajstić information content (AvgIpc) is 3.02. The van der Waals surface area contributed by atoms with Crippen LogP contribution >= 0.6 is 11.6 Å². The van der Waals surface area contributed by atoms with Gasteiger partial charge in [0.25, 0.3) is 0 Å². The Hall–Kier alpha value is -3.24. The number of aryl methyl sites for hydroxylation is 1. The van der Waals surface area contributed by atoms with Crippen LogP contribution in [0.4, 0.5) is 0 Å². The van der Waals surface area contributed by atoms with Crippen LogP contribution in [0.1, 0.15) is 11.3 Å². The summed E-state index contributed by atoms with van der Waals surface area (Å²) >= 11 is 5.91. The molecule has 0 saturated heterocycles. The third-order valence-electron chi connectivity index (χ3n) is 4.94. The first kappa shape index (κ1) is 19.1. The van der Waals surface area contributed by atoms with Gasteiger partial charge >= 0.3 is 0 Å². The van der Waals surface area contributed by atoms with Crippen molar-refractivity contribution < 1.29 is 9.84 Å². The summed E-state index contributed by atoms with van der Waals surface area (Å²) < 4.78 is 7.65. The van der Waals surface area contributed by atoms with E-state index in [1.54, 1.807) is 6.07 Å². The van der Waals surface area contributed by atoms with Crippen molar-refractivity contribution in [2.24, 2.45) is 7.05 Å². The average molecular weight is 405 g/mol. The largest absolute Gasteiger partial charge is 0.507 e. The predicted molar refractivity (Wildman–Crippen MR) is 116 cm³/mol. The zero-order valence-electron chi connectivity index (χ0n) is 16.3. The fourth-order valence-electron chi connectivity index (χ4n) is 3.30. The number of halogens is 1. The molecule has 4 nitrogen and oxygen atoms in total. The number of rotatable bonds is 5. The van der Waals surface area contributed by atoms with Crippen molar-refractivity contribution in [2.45, 2.75) is 13.5 Å². The number of hydrogen-bond acceptors (Lipinski definition) is 3. The maximum Gasteiger partial charge on any atom is 0.128 e. The van der Waals surface area contributed by atoms with Crippen LogP contribution in [0.2, 0.25) is 5.02 Å². The van der Waals surface area contributed by atoms with Crippen molar-refractivity contribution in [3.63, 3.8) is 0 Å². The summed E-state index contributed by atoms with van der Waals surface area (Å²) in [5, 5.41) is 16.0. The van der Waals surface area contributed by atoms with Gasteiger partial charge in [-0.25, -0.2) is 0 Å². The van der Waals surface area contributed by atoms with Gasteiger partial charge in [0.15, 0.2) is 0 Å². The van der Waals surface area contributed by atoms with Gasteiger partial charge in [0.05, 0.1) is 0 Å². The van der Waals surface area contributed by atoms with Gasteiger partial charge in [0, 0.05) is 35.0 Å². The Morgan fingerprint density at radius 2 is 1.72 bits per heavy atom. The highest BCUT2D eigenvalue weighted by Gasteiger charge is 2.19. The number of benzene rings is 3. The van der Waals surface area contributed by atoms with Gasteiger partial charge in [-0.3, -0.25) is 4.68 Å². The van der Waals surface area contributed by atoms with Crippen LogP contribution in [0.3, 0.4) is 0 Å². The minimum atomic E-state index is 0.133. The molecular weight excluding hydrogens is 384 g/mol. The number of nitrogens with zero attached hydrogens (tertiary/aromatic N) is 2. The van der Waals surface area contributed by atoms with Gasteiger partial charge in [0.1, 0.15) is 23.8 Å². The maximum atomic E-state index is 10.7. The van der Waals surface area contributed by atoms with Crippen molar-refractivity contribution in [3.05, 3.63) is 89.1 Å². The minimum Gasteiger partial charge on any atom is -0.507 e. The van der Waals surface area contributed by atoms with Gasteiger partial charge in [0.2, 0.25) is 0 Å². The number of phenols is 1. The summed E-state index contributed by atoms with van der Waals surface area (Å²) in [6.45, 7) is 2.42. The monoisotopic (exact) mass is 404 g/mol. The molecule has 0 aliphatic rings. The Morgan fingerprint density at radius 3 is 2.41 bits per heavy atom. The molecule has 0 saturated carbocycles. The fourth-order valence-corrected chi connectivity index (χ4v) is 3.42. The zero-order chi connectivity index (χ0) is 20.4. The van der Waals surface area contributed by atoms with Crippen LogP contribution in [-0.2, 0) is 13.7 Å². The van der Waals surface area contributed by atoms with Gasteiger partial charge in [-0.05, 0) is 42.3 Å². The highest BCUT2D eigenvalue weighted by Crippen LogP contribution is 2.39. The second kappa shape index (κ2) is 8.02. The predicted octanol–water partition coefficient (Wildman–Crippen LogP) is 6.00. The molecule has 1 N–H and O–H groups in total. The van der Waals surface area contributed by atoms with Gasteiger partial charge in [-0.1, -0.05) is 54.1 Å². The Balaban J connectivity index is 1.63. The minimum absolute atomic E-state index is 0.133. The molecule has 0 bridgehead atoms. The number of aromatic nitrogens is 2. The fraction of sp³-hybridized carbons (Fsp3) is 0.125. The molecule has 0 aliphatic heterocycles. The Bertz CT molecular complexity index is 1140. The van der Waals surface area contributed by atoms with Crippen molar-refractivity contribution in [3.8, 4) is 33.9 Å². The van der Waals surface area contributed by atoms with Crippen molar-refractivity contribution in [1.29, 1.82) is 0 Å². The quantitative estimate of drug-likeness (QED) is 0.443. The summed E-state index contributed by atoms with van der Waals surface area (Å²) in [4.78, 5) is 0. The first-order valence-corrected chi connectivity index (χ1v) is 9.70. The lowest BCUT2D eigenvalue weighted by atomic mass is 9.98. The molecule has 4 aromatic rings. The zero-order valence-corrected chi connectivity index (χ0v) is 17.0. The molecule has 0 radical (unpaired) electrons. The lowest BCUT2D eigenvalue weighted by Crippen LogP contribution is -1.95. The second-order valence-corrected chi connectivity index (χ2v) is 7.33. The van der Waals surface area contributed by atoms with E-state index in [2.05, 4.69) is 5.10 Å². The molecular formula is C24H21ClN2O2. The van der Waals surface area contributed by atoms with Crippen LogP contribution in [0.25, 0.3) is 22.4 Å². The van der Waals surface area contributed by atoms with E-state index in [-0.39, 0.29) is 5.75 Å². The van der Waals surface area contributed by atoms with Crippen LogP contribution in [-0.4, -0.2) is 14.9 Å². The van der Waals surface area contributed by atoms with Crippen molar-refractivity contribution >= 4 is 11.6 Å². The molecule has 1 aromatic heterocycles. The summed E-state index contributed by atoms with van der Waals surface area (Å²) in [6, 6.07) is 22.9. The van der Waals surface area contributed by atoms with E-state index in [0.717, 1.165) is 28.1 Å². The molecule has 1 heterocycles. The van der Waals surface area contributed by atoms with Crippen LogP contribution in [0, 0.1) is 6.92 Å². The van der Waals surface area contributed by atoms with E-state index in [1.807, 2.05) is 85.4 Å². The smallest absolute Gasteiger partial charge is 0.128 e. The lowest BCUT2D eigenvalue weighted by Gasteiger charge is -2.10. The van der Waals surface area contributed by atoms with E-state index >= 15 is 0 Å². The number of hydrogen-bond donors (Lipinski definition) is 1. The molecule has 146 valence electrons. The van der Waals surface area contributed by atoms with Gasteiger partial charge < -0.3 is 9.84 Å². The normalized spacial score (nSPS) is 10.9. The third kappa shape index (κ3) is 3.98. The molecule has 0 unspecified atom stereocenters. The highest BCUT2D eigenvalue weighted by atomic mass is 35.5. The summed E-state index contributed by atoms with van der Waals surface area (Å²) in [5.74, 6) is 0.726. The van der Waals surface area contributed by atoms with Crippen LogP contribution in [0.5, 0.6) is 11.5 Å². The summed E-state index contributed by atoms with van der Waals surface area (Å²) in [5.41, 5.74) is 5.54. The van der Waals surface area contributed by atoms with Crippen LogP contribution < -0.4 is 4.74 Å². The molecule has 0 fully saturated rings. The topological polar surface area (TPSA) is 47.3 Å². The number of aromatic hydroxyl groups is 1. The maximum absolute atomic E-state index is 10.7. The lowest BCUT2D eigenvalue weighted by molar-refractivity contribution is 0.304. The summed E-state index contributed by atoms with van der Waals surface area (Å²) in [7, 11) is 1.91. The summed E-state index contributed by atoms with van der Waals surface area (Å²) in [6.07, 6.45) is 0. The molecule has 0 spiro atoms. The molecule has 5 heteroatoms. The van der Waals surface area contributed by atoms with Crippen molar-refractivity contribution in [2.75, 3.05) is 0 Å². The van der Waals surface area contributed by atoms with E-state index in [9.17, 15) is 5.11 Å². The first-order valence-electron chi connectivity index (χ1n) is 9.32. The Labute approximate surface area is 175 Å². The highest BCUT2D eigenvalue weighted by molar-refractivity contribution is 6.30. The van der Waals surface area contributed by atoms with Crippen LogP contribution in [0.15, 0.2) is 72.8 Å². The molecule has 0 aliphatic carbocycles. The molecule has 0 atom stereocenters. The van der Waals surface area contributed by atoms with E-state index in [0.29, 0.717) is 22.9 Å². The van der Waals surface area contributed by atoms with Gasteiger partial charge in [-0.15, -0.1) is 0 Å². The SMILES string of the molecule is Cc1c(-c2ccccc2)c(-c2ccc(OCc3ccc(Cl)cc3)cc2O)nn1C. The Kier molecular flexibility index (Phi) is 5.28. The standard InChI is InChI=1S/C24H21ClN2O2/c1-16-23(18-6-4-3-5-7-18)24(26-27(16)2)21-13-12-20(14-22(21)28)29-15-17-8-10-19(25)11-9-17/h3-14,28H,15H2,1-2H3. The number of phenolic OH excluding ortho intramolecular Hbond substituents is 1. The molecule has 0 amide bonds. The first-order chi connectivity index (χ1) is 14.0. The third-order valence-corrected chi connectivity index (χ3v) is 5.19. The van der Waals surface area contributed by atoms with E-state index in [1.165, 1.54) is 0 Å². The van der Waals surface area contributed by atoms with Crippen molar-refractivity contribution in [1.82, 2.24) is 9.78 Å². The molecule has 3 aromatic carbocycles. The molecule has 29 heavy (non-hydrogen) atoms.